The van der Waals surface area contributed by atoms with Crippen molar-refractivity contribution in [2.45, 2.75) is 70.8 Å². The average Bonchev–Trinajstić information content (AvgIpc) is 2.92. The van der Waals surface area contributed by atoms with Crippen LogP contribution in [0.25, 0.3) is 0 Å². The Hall–Kier alpha value is -0.850. The summed E-state index contributed by atoms with van der Waals surface area (Å²) in [7, 11) is -5.27. The summed E-state index contributed by atoms with van der Waals surface area (Å²) in [6.07, 6.45) is 7.58. The maximum atomic E-state index is 12.7. The first-order valence-corrected chi connectivity index (χ1v) is 12.0. The third-order valence-electron chi connectivity index (χ3n) is 8.93. The number of carbonyl (C=O) groups is 2. The highest BCUT2D eigenvalue weighted by molar-refractivity contribution is 7.43. The predicted molar refractivity (Wildman–Crippen MR) is 100 cm³/mol. The summed E-state index contributed by atoms with van der Waals surface area (Å²) in [5.41, 5.74) is -1.06. The van der Waals surface area contributed by atoms with Crippen LogP contribution in [0.3, 0.4) is 0 Å². The van der Waals surface area contributed by atoms with Gasteiger partial charge in [-0.05, 0) is 74.2 Å². The number of allylic oxidation sites excluding steroid dienone is 1. The van der Waals surface area contributed by atoms with Crippen LogP contribution in [0.2, 0.25) is 0 Å². The van der Waals surface area contributed by atoms with Crippen molar-refractivity contribution in [2.24, 2.45) is 28.6 Å². The second-order valence-electron chi connectivity index (χ2n) is 9.97. The fourth-order valence-corrected chi connectivity index (χ4v) is 7.57. The molecule has 0 bridgehead atoms. The van der Waals surface area contributed by atoms with Gasteiger partial charge in [-0.2, -0.15) is 0 Å². The summed E-state index contributed by atoms with van der Waals surface area (Å²) >= 11 is 0. The van der Waals surface area contributed by atoms with E-state index in [4.69, 9.17) is 0 Å². The third kappa shape index (κ3) is 3.21. The molecule has 0 aromatic rings. The number of rotatable bonds is 4. The van der Waals surface area contributed by atoms with E-state index in [1.54, 1.807) is 0 Å². The molecule has 0 spiro atoms. The van der Waals surface area contributed by atoms with Gasteiger partial charge in [0.15, 0.2) is 11.6 Å². The van der Waals surface area contributed by atoms with Crippen LogP contribution < -0.4 is 9.79 Å². The van der Waals surface area contributed by atoms with Crippen LogP contribution in [0.1, 0.15) is 65.2 Å². The van der Waals surface area contributed by atoms with Gasteiger partial charge >= 0.3 is 0 Å². The molecular formula is C21H29O7P-2. The van der Waals surface area contributed by atoms with E-state index in [9.17, 15) is 29.0 Å². The van der Waals surface area contributed by atoms with Gasteiger partial charge in [0.25, 0.3) is 0 Å². The van der Waals surface area contributed by atoms with Gasteiger partial charge in [-0.15, -0.1) is 0 Å². The van der Waals surface area contributed by atoms with E-state index in [0.717, 1.165) is 25.7 Å². The zero-order valence-corrected chi connectivity index (χ0v) is 17.9. The minimum atomic E-state index is -5.27. The number of carbonyl (C=O) groups excluding carboxylic acids is 2. The highest BCUT2D eigenvalue weighted by Crippen LogP contribution is 2.67. The standard InChI is InChI=1S/C21H31O7P/c1-19-8-5-14(22)11-13(19)3-4-15-16(19)6-9-20(2)17(15)7-10-21(20,24)18(23)12-28-29(25,26)27/h11,15-17,24H,3-10,12H2,1-2H3,(H2,25,26,27)/p-2. The number of aliphatic hydroxyl groups is 1. The van der Waals surface area contributed by atoms with Crippen LogP contribution in [0.5, 0.6) is 0 Å². The molecule has 0 aliphatic heterocycles. The molecule has 6 atom stereocenters. The molecule has 1 N–H and O–H groups in total. The summed E-state index contributed by atoms with van der Waals surface area (Å²) in [4.78, 5) is 46.2. The maximum absolute atomic E-state index is 12.7. The molecule has 3 saturated carbocycles. The number of fused-ring (bicyclic) bond motifs is 5. The average molecular weight is 424 g/mol. The van der Waals surface area contributed by atoms with Crippen molar-refractivity contribution in [1.82, 2.24) is 0 Å². The highest BCUT2D eigenvalue weighted by Gasteiger charge is 2.66. The van der Waals surface area contributed by atoms with Gasteiger partial charge in [0, 0.05) is 11.8 Å². The second-order valence-corrected chi connectivity index (χ2v) is 11.1. The van der Waals surface area contributed by atoms with Gasteiger partial charge in [0.05, 0.1) is 7.82 Å². The first-order valence-electron chi connectivity index (χ1n) is 10.6. The second kappa shape index (κ2) is 6.83. The van der Waals surface area contributed by atoms with Crippen molar-refractivity contribution < 1.29 is 33.6 Å². The summed E-state index contributed by atoms with van der Waals surface area (Å²) in [5, 5.41) is 11.4. The van der Waals surface area contributed by atoms with Crippen molar-refractivity contribution in [3.8, 4) is 0 Å². The van der Waals surface area contributed by atoms with E-state index in [-0.39, 0.29) is 23.5 Å². The molecule has 6 unspecified atom stereocenters. The highest BCUT2D eigenvalue weighted by atomic mass is 31.2. The quantitative estimate of drug-likeness (QED) is 0.680. The number of hydrogen-bond donors (Lipinski definition) is 1. The summed E-state index contributed by atoms with van der Waals surface area (Å²) in [5.74, 6) is 0.436. The molecule has 7 nitrogen and oxygen atoms in total. The maximum Gasteiger partial charge on any atom is 0.190 e. The lowest BCUT2D eigenvalue weighted by molar-refractivity contribution is -0.341. The summed E-state index contributed by atoms with van der Waals surface area (Å²) in [6.45, 7) is 3.31. The van der Waals surface area contributed by atoms with E-state index in [2.05, 4.69) is 11.4 Å². The smallest absolute Gasteiger partial charge is 0.190 e. The molecule has 0 amide bonds. The molecule has 0 aromatic heterocycles. The lowest BCUT2D eigenvalue weighted by Gasteiger charge is -2.58. The van der Waals surface area contributed by atoms with Crippen molar-refractivity contribution in [1.29, 1.82) is 0 Å². The fraction of sp³-hybridized carbons (Fsp3) is 0.810. The summed E-state index contributed by atoms with van der Waals surface area (Å²) in [6, 6.07) is 0. The lowest BCUT2D eigenvalue weighted by atomic mass is 9.46. The summed E-state index contributed by atoms with van der Waals surface area (Å²) < 4.78 is 15.0. The van der Waals surface area contributed by atoms with E-state index >= 15 is 0 Å². The van der Waals surface area contributed by atoms with Gasteiger partial charge in [-0.1, -0.05) is 19.4 Å². The number of Topliss-reactive ketones (excluding diaryl/α,β-unsaturated/α-hetero) is 1. The first kappa shape index (κ1) is 21.4. The molecule has 162 valence electrons. The van der Waals surface area contributed by atoms with Crippen LogP contribution >= 0.6 is 7.82 Å². The molecule has 0 aromatic carbocycles. The van der Waals surface area contributed by atoms with Gasteiger partial charge in [-0.25, -0.2) is 0 Å². The van der Waals surface area contributed by atoms with E-state index < -0.39 is 31.2 Å². The van der Waals surface area contributed by atoms with Crippen LogP contribution in [-0.4, -0.2) is 28.9 Å². The Morgan fingerprint density at radius 2 is 1.86 bits per heavy atom. The molecule has 0 radical (unpaired) electrons. The predicted octanol–water partition coefficient (Wildman–Crippen LogP) is 1.66. The number of phosphoric ester groups is 1. The molecule has 4 aliphatic carbocycles. The number of hydrogen-bond acceptors (Lipinski definition) is 7. The van der Waals surface area contributed by atoms with Crippen molar-refractivity contribution in [2.75, 3.05) is 6.61 Å². The largest absolute Gasteiger partial charge is 0.790 e. The molecule has 8 heteroatoms. The van der Waals surface area contributed by atoms with Crippen LogP contribution in [0.4, 0.5) is 0 Å². The molecule has 0 heterocycles. The number of phosphoric acid groups is 1. The van der Waals surface area contributed by atoms with E-state index in [0.29, 0.717) is 31.1 Å². The van der Waals surface area contributed by atoms with Gasteiger partial charge in [0.2, 0.25) is 0 Å². The molecule has 4 aliphatic rings. The fourth-order valence-electron chi connectivity index (χ4n) is 7.29. The van der Waals surface area contributed by atoms with Crippen molar-refractivity contribution >= 4 is 19.4 Å². The van der Waals surface area contributed by atoms with Gasteiger partial charge in [-0.3, -0.25) is 9.59 Å². The molecule has 0 saturated heterocycles. The monoisotopic (exact) mass is 424 g/mol. The Kier molecular flexibility index (Phi) is 5.03. The zero-order valence-electron chi connectivity index (χ0n) is 17.0. The van der Waals surface area contributed by atoms with Crippen molar-refractivity contribution in [3.05, 3.63) is 11.6 Å². The van der Waals surface area contributed by atoms with Crippen LogP contribution in [0, 0.1) is 28.6 Å². The molecular weight excluding hydrogens is 395 g/mol. The minimum Gasteiger partial charge on any atom is -0.790 e. The Balaban J connectivity index is 1.59. The minimum absolute atomic E-state index is 0.00371. The van der Waals surface area contributed by atoms with E-state index in [1.807, 2.05) is 13.0 Å². The van der Waals surface area contributed by atoms with Crippen molar-refractivity contribution in [3.63, 3.8) is 0 Å². The lowest BCUT2D eigenvalue weighted by Crippen LogP contribution is -2.58. The van der Waals surface area contributed by atoms with Crippen LogP contribution in [-0.2, 0) is 18.7 Å². The van der Waals surface area contributed by atoms with E-state index in [1.165, 1.54) is 5.57 Å². The molecule has 29 heavy (non-hydrogen) atoms. The third-order valence-corrected chi connectivity index (χ3v) is 9.37. The normalized spacial score (nSPS) is 44.5. The molecule has 3 fully saturated rings. The van der Waals surface area contributed by atoms with Gasteiger partial charge < -0.3 is 24.0 Å². The van der Waals surface area contributed by atoms with Gasteiger partial charge in [0.1, 0.15) is 12.2 Å². The zero-order chi connectivity index (χ0) is 21.2. The number of ketones is 2. The SMILES string of the molecule is CC12CCC(=O)C=C1CCC1C2CCC2(C)C1CCC2(O)C(=O)COP(=O)([O-])[O-]. The first-order chi connectivity index (χ1) is 13.4. The Morgan fingerprint density at radius 3 is 2.55 bits per heavy atom. The van der Waals surface area contributed by atoms with Crippen LogP contribution in [0.15, 0.2) is 11.6 Å². The molecule has 4 rings (SSSR count). The Labute approximate surface area is 171 Å². The Morgan fingerprint density at radius 1 is 1.17 bits per heavy atom. The Bertz CT molecular complexity index is 816. The topological polar surface area (TPSA) is 127 Å².